The number of aromatic amines is 1. The monoisotopic (exact) mass is 599 g/mol. The van der Waals surface area contributed by atoms with E-state index in [-0.39, 0.29) is 29.3 Å². The number of nitrogens with one attached hydrogen (secondary N) is 3. The van der Waals surface area contributed by atoms with Crippen LogP contribution in [0.4, 0.5) is 10.6 Å². The summed E-state index contributed by atoms with van der Waals surface area (Å²) >= 11 is 0. The molecule has 0 radical (unpaired) electrons. The van der Waals surface area contributed by atoms with Gasteiger partial charge < -0.3 is 20.3 Å². The van der Waals surface area contributed by atoms with Crippen molar-refractivity contribution in [2.24, 2.45) is 0 Å². The van der Waals surface area contributed by atoms with Gasteiger partial charge in [-0.25, -0.2) is 14.8 Å². The Kier molecular flexibility index (Phi) is 9.96. The number of hydrogen-bond acceptors (Lipinski definition) is 5. The van der Waals surface area contributed by atoms with Gasteiger partial charge in [0.15, 0.2) is 5.82 Å². The van der Waals surface area contributed by atoms with Gasteiger partial charge in [-0.3, -0.25) is 14.7 Å². The zero-order valence-corrected chi connectivity index (χ0v) is 27.0. The number of fused-ring (bicyclic) bond motifs is 1. The van der Waals surface area contributed by atoms with Crippen molar-refractivity contribution >= 4 is 33.8 Å². The van der Waals surface area contributed by atoms with Crippen molar-refractivity contribution in [2.75, 3.05) is 30.7 Å². The normalized spacial score (nSPS) is 18.0. The first-order chi connectivity index (χ1) is 19.9. The largest absolute Gasteiger partial charge is 0.463 e. The first-order valence-corrected chi connectivity index (χ1v) is 18.1. The topological polar surface area (TPSA) is 116 Å². The predicted molar refractivity (Wildman–Crippen MR) is 170 cm³/mol. The van der Waals surface area contributed by atoms with E-state index in [0.29, 0.717) is 18.8 Å². The van der Waals surface area contributed by atoms with E-state index < -0.39 is 21.6 Å². The smallest absolute Gasteiger partial charge is 0.319 e. The van der Waals surface area contributed by atoms with Gasteiger partial charge in [0, 0.05) is 12.0 Å². The van der Waals surface area contributed by atoms with Gasteiger partial charge in [-0.05, 0) is 63.9 Å². The minimum atomic E-state index is -1.11. The van der Waals surface area contributed by atoms with E-state index in [2.05, 4.69) is 46.5 Å². The van der Waals surface area contributed by atoms with E-state index in [1.165, 1.54) is 6.42 Å². The quantitative estimate of drug-likeness (QED) is 0.183. The lowest BCUT2D eigenvalue weighted by Gasteiger charge is -2.53. The van der Waals surface area contributed by atoms with Crippen molar-refractivity contribution < 1.29 is 19.1 Å². The fourth-order valence-corrected chi connectivity index (χ4v) is 8.16. The van der Waals surface area contributed by atoms with Gasteiger partial charge in [0.1, 0.15) is 6.61 Å². The highest BCUT2D eigenvalue weighted by Gasteiger charge is 2.51. The third-order valence-corrected chi connectivity index (χ3v) is 12.0. The zero-order chi connectivity index (χ0) is 30.5. The van der Waals surface area contributed by atoms with Crippen LogP contribution in [0, 0.1) is 0 Å². The number of H-pyrrole nitrogens is 1. The van der Waals surface area contributed by atoms with E-state index in [1.54, 1.807) is 4.90 Å². The molecule has 0 saturated heterocycles. The van der Waals surface area contributed by atoms with Gasteiger partial charge in [-0.15, -0.1) is 0 Å². The molecular weight excluding hydrogens is 550 g/mol. The van der Waals surface area contributed by atoms with Gasteiger partial charge >= 0.3 is 12.0 Å². The van der Waals surface area contributed by atoms with Crippen LogP contribution in [0.3, 0.4) is 0 Å². The van der Waals surface area contributed by atoms with E-state index in [1.807, 2.05) is 44.2 Å². The summed E-state index contributed by atoms with van der Waals surface area (Å²) in [5.74, 6) is 0.286. The number of esters is 1. The number of carbonyl (C=O) groups excluding carboxylic acids is 3. The Labute approximate surface area is 252 Å². The summed E-state index contributed by atoms with van der Waals surface area (Å²) < 4.78 is 5.30. The number of benzene rings is 1. The predicted octanol–water partition coefficient (Wildman–Crippen LogP) is 6.37. The summed E-state index contributed by atoms with van der Waals surface area (Å²) in [6.07, 6.45) is 15.1. The summed E-state index contributed by atoms with van der Waals surface area (Å²) in [7, 11) is -1.11. The van der Waals surface area contributed by atoms with Crippen LogP contribution >= 0.6 is 10.0 Å². The average Bonchev–Trinajstić information content (AvgIpc) is 3.42. The Morgan fingerprint density at radius 1 is 1.07 bits per heavy atom. The van der Waals surface area contributed by atoms with Crippen molar-refractivity contribution in [1.82, 2.24) is 20.4 Å². The fourth-order valence-electron chi connectivity index (χ4n) is 6.04. The van der Waals surface area contributed by atoms with E-state index >= 15 is 0 Å². The van der Waals surface area contributed by atoms with Crippen LogP contribution in [0.5, 0.6) is 0 Å². The Hall–Kier alpha value is -3.01. The number of unbranched alkanes of at least 4 members (excludes halogenated alkanes) is 4. The molecule has 2 aromatic rings. The Bertz CT molecular complexity index is 1250. The van der Waals surface area contributed by atoms with Gasteiger partial charge in [0.05, 0.1) is 28.6 Å². The molecule has 42 heavy (non-hydrogen) atoms. The average molecular weight is 600 g/mol. The molecule has 1 aromatic carbocycles. The molecule has 1 aromatic heterocycles. The van der Waals surface area contributed by atoms with Crippen LogP contribution < -0.4 is 10.6 Å². The molecular formula is C32H49N5O4S. The molecule has 3 amide bonds. The summed E-state index contributed by atoms with van der Waals surface area (Å²) in [5.41, 5.74) is 1.81. The second-order valence-corrected chi connectivity index (χ2v) is 17.4. The highest BCUT2D eigenvalue weighted by molar-refractivity contribution is 8.33. The molecule has 1 saturated carbocycles. The highest BCUT2D eigenvalue weighted by atomic mass is 32.3. The number of aromatic nitrogens is 2. The number of anilines is 1. The van der Waals surface area contributed by atoms with Crippen molar-refractivity contribution in [1.29, 1.82) is 0 Å². The van der Waals surface area contributed by atoms with Crippen LogP contribution in [0.15, 0.2) is 30.3 Å². The molecule has 0 unspecified atom stereocenters. The van der Waals surface area contributed by atoms with Gasteiger partial charge in [0.25, 0.3) is 0 Å². The first kappa shape index (κ1) is 31.9. The standard InChI is InChI=1S/C32H49N5O4S/c1-7-8-9-10-14-18-26(38)41-22-25(23-16-12-11-13-17-23)33-30(40)37-21-24-27(31(37,2)3)35-36-28(24)34-29(39)32(19-15-20-32)42(4,5)6/h11-13,16-17,25H,7-10,14-15,18-22H2,1-6H3,(H,33,40)(H2,34,35,36,39)/t25-/m1/s1. The first-order valence-electron chi connectivity index (χ1n) is 15.3. The van der Waals surface area contributed by atoms with E-state index in [4.69, 9.17) is 4.74 Å². The van der Waals surface area contributed by atoms with Gasteiger partial charge in [-0.2, -0.15) is 5.10 Å². The summed E-state index contributed by atoms with van der Waals surface area (Å²) in [6, 6.07) is 8.80. The van der Waals surface area contributed by atoms with Crippen molar-refractivity contribution in [3.63, 3.8) is 0 Å². The minimum Gasteiger partial charge on any atom is -0.463 e. The van der Waals surface area contributed by atoms with Gasteiger partial charge in [-0.1, -0.05) is 62.9 Å². The third kappa shape index (κ3) is 6.63. The number of rotatable bonds is 13. The molecule has 9 nitrogen and oxygen atoms in total. The lowest BCUT2D eigenvalue weighted by atomic mass is 9.83. The zero-order valence-electron chi connectivity index (χ0n) is 26.2. The van der Waals surface area contributed by atoms with Crippen molar-refractivity contribution in [2.45, 2.75) is 101 Å². The molecule has 3 N–H and O–H groups in total. The number of carbonyl (C=O) groups is 3. The van der Waals surface area contributed by atoms with Crippen LogP contribution in [0.2, 0.25) is 0 Å². The molecule has 1 atom stereocenters. The number of urea groups is 1. The number of amides is 3. The molecule has 232 valence electrons. The van der Waals surface area contributed by atoms with Crippen LogP contribution in [0.25, 0.3) is 0 Å². The molecule has 2 heterocycles. The highest BCUT2D eigenvalue weighted by Crippen LogP contribution is 2.60. The second-order valence-electron chi connectivity index (χ2n) is 13.0. The third-order valence-electron chi connectivity index (χ3n) is 9.09. The molecule has 2 aliphatic rings. The van der Waals surface area contributed by atoms with Crippen LogP contribution in [-0.4, -0.2) is 63.1 Å². The maximum atomic E-state index is 13.8. The molecule has 4 rings (SSSR count). The summed E-state index contributed by atoms with van der Waals surface area (Å²) in [6.45, 7) is 6.45. The lowest BCUT2D eigenvalue weighted by molar-refractivity contribution is -0.144. The SMILES string of the molecule is CCCCCCCC(=O)OC[C@@H](NC(=O)N1Cc2c(NC(=O)C3(S(C)(C)C)CCC3)n[nH]c2C1(C)C)c1ccccc1. The number of hydrogen-bond donors (Lipinski definition) is 3. The minimum absolute atomic E-state index is 0.0302. The number of ether oxygens (including phenoxy) is 1. The van der Waals surface area contributed by atoms with Crippen molar-refractivity contribution in [3.8, 4) is 0 Å². The molecule has 1 aliphatic carbocycles. The Morgan fingerprint density at radius 3 is 2.38 bits per heavy atom. The molecule has 10 heteroatoms. The second kappa shape index (κ2) is 13.1. The fraction of sp³-hybridized carbons (Fsp3) is 0.625. The number of nitrogens with zero attached hydrogens (tertiary/aromatic N) is 2. The summed E-state index contributed by atoms with van der Waals surface area (Å²) in [5, 5.41) is 13.8. The van der Waals surface area contributed by atoms with Crippen LogP contribution in [0.1, 0.15) is 101 Å². The van der Waals surface area contributed by atoms with E-state index in [9.17, 15) is 14.4 Å². The molecule has 1 fully saturated rings. The van der Waals surface area contributed by atoms with E-state index in [0.717, 1.165) is 61.8 Å². The maximum Gasteiger partial charge on any atom is 0.319 e. The van der Waals surface area contributed by atoms with Crippen molar-refractivity contribution in [3.05, 3.63) is 47.2 Å². The maximum absolute atomic E-state index is 13.8. The van der Waals surface area contributed by atoms with Crippen LogP contribution in [-0.2, 0) is 26.4 Å². The summed E-state index contributed by atoms with van der Waals surface area (Å²) in [4.78, 5) is 41.5. The Balaban J connectivity index is 1.43. The molecule has 0 bridgehead atoms. The lowest BCUT2D eigenvalue weighted by Crippen LogP contribution is -2.51. The Morgan fingerprint density at radius 2 is 1.76 bits per heavy atom. The van der Waals surface area contributed by atoms with Gasteiger partial charge in [0.2, 0.25) is 5.91 Å². The molecule has 0 spiro atoms. The molecule has 1 aliphatic heterocycles.